The van der Waals surface area contributed by atoms with E-state index < -0.39 is 5.97 Å². The summed E-state index contributed by atoms with van der Waals surface area (Å²) in [6.07, 6.45) is 7.52. The van der Waals surface area contributed by atoms with Crippen molar-refractivity contribution in [3.05, 3.63) is 35.8 Å². The van der Waals surface area contributed by atoms with E-state index in [2.05, 4.69) is 28.7 Å². The molecular formula is C26H37N3O4. The smallest absolute Gasteiger partial charge is 0.307 e. The van der Waals surface area contributed by atoms with E-state index in [9.17, 15) is 9.90 Å². The number of rotatable bonds is 11. The van der Waals surface area contributed by atoms with Crippen LogP contribution in [-0.4, -0.2) is 54.0 Å². The number of hydrogen-bond acceptors (Lipinski definition) is 6. The topological polar surface area (TPSA) is 84.8 Å². The van der Waals surface area contributed by atoms with E-state index in [0.29, 0.717) is 12.0 Å². The number of unbranched alkanes of at least 4 members (excludes halogenated alkanes) is 1. The zero-order valence-corrected chi connectivity index (χ0v) is 20.4. The second-order valence-corrected chi connectivity index (χ2v) is 9.44. The molecule has 3 heterocycles. The minimum absolute atomic E-state index is 0.0508. The Hall–Kier alpha value is -2.67. The second kappa shape index (κ2) is 11.5. The largest absolute Gasteiger partial charge is 0.492 e. The van der Waals surface area contributed by atoms with Gasteiger partial charge in [-0.05, 0) is 57.1 Å². The van der Waals surface area contributed by atoms with Gasteiger partial charge in [-0.2, -0.15) is 0 Å². The van der Waals surface area contributed by atoms with Crippen LogP contribution >= 0.6 is 0 Å². The lowest BCUT2D eigenvalue weighted by atomic mass is 9.82. The van der Waals surface area contributed by atoms with Crippen LogP contribution in [0.5, 0.6) is 5.75 Å². The average molecular weight is 456 g/mol. The standard InChI is InChI=1S/C26H37N3O4/c1-5-32-14-6-7-15-33-20-8-9-23(28-17-20)22-18-27-19(2)21(16-24(30)31)25(22)29-12-10-26(3,4)11-13-29/h8-9,17-18H,5-7,10-16H2,1-4H3,(H,30,31). The lowest BCUT2D eigenvalue weighted by molar-refractivity contribution is -0.136. The summed E-state index contributed by atoms with van der Waals surface area (Å²) in [6, 6.07) is 3.86. The number of carboxylic acid groups (broad SMARTS) is 1. The van der Waals surface area contributed by atoms with Gasteiger partial charge in [0.2, 0.25) is 0 Å². The molecule has 0 amide bonds. The third kappa shape index (κ3) is 6.90. The van der Waals surface area contributed by atoms with E-state index in [-0.39, 0.29) is 6.42 Å². The van der Waals surface area contributed by atoms with Crippen molar-refractivity contribution in [1.29, 1.82) is 0 Å². The van der Waals surface area contributed by atoms with Crippen LogP contribution in [0.2, 0.25) is 0 Å². The number of hydrogen-bond donors (Lipinski definition) is 1. The first kappa shape index (κ1) is 25.0. The maximum atomic E-state index is 11.6. The lowest BCUT2D eigenvalue weighted by Crippen LogP contribution is -2.38. The highest BCUT2D eigenvalue weighted by Gasteiger charge is 2.29. The Morgan fingerprint density at radius 3 is 2.48 bits per heavy atom. The highest BCUT2D eigenvalue weighted by molar-refractivity contribution is 5.83. The van der Waals surface area contributed by atoms with Crippen LogP contribution in [0.1, 0.15) is 57.7 Å². The summed E-state index contributed by atoms with van der Waals surface area (Å²) in [5.41, 5.74) is 4.44. The van der Waals surface area contributed by atoms with Crippen LogP contribution in [0, 0.1) is 12.3 Å². The Bertz CT molecular complexity index is 918. The van der Waals surface area contributed by atoms with Crippen LogP contribution < -0.4 is 9.64 Å². The van der Waals surface area contributed by atoms with E-state index in [1.165, 1.54) is 0 Å². The second-order valence-electron chi connectivity index (χ2n) is 9.44. The molecular weight excluding hydrogens is 418 g/mol. The predicted octanol–water partition coefficient (Wildman–Crippen LogP) is 4.90. The van der Waals surface area contributed by atoms with Crippen LogP contribution in [0.25, 0.3) is 11.3 Å². The average Bonchev–Trinajstić information content (AvgIpc) is 2.78. The Balaban J connectivity index is 1.82. The van der Waals surface area contributed by atoms with Gasteiger partial charge in [-0.1, -0.05) is 13.8 Å². The number of aryl methyl sites for hydroxylation is 1. The Labute approximate surface area is 197 Å². The number of ether oxygens (including phenoxy) is 2. The molecule has 1 aliphatic heterocycles. The molecule has 0 unspecified atom stereocenters. The first-order chi connectivity index (χ1) is 15.8. The fraction of sp³-hybridized carbons (Fsp3) is 0.577. The van der Waals surface area contributed by atoms with Crippen LogP contribution in [0.15, 0.2) is 24.5 Å². The van der Waals surface area contributed by atoms with E-state index in [1.807, 2.05) is 32.2 Å². The minimum Gasteiger partial charge on any atom is -0.492 e. The molecule has 1 saturated heterocycles. The zero-order valence-electron chi connectivity index (χ0n) is 20.4. The fourth-order valence-electron chi connectivity index (χ4n) is 4.15. The monoisotopic (exact) mass is 455 g/mol. The Morgan fingerprint density at radius 1 is 1.12 bits per heavy atom. The van der Waals surface area contributed by atoms with Gasteiger partial charge >= 0.3 is 5.97 Å². The van der Waals surface area contributed by atoms with Gasteiger partial charge in [-0.3, -0.25) is 14.8 Å². The highest BCUT2D eigenvalue weighted by Crippen LogP contribution is 2.39. The number of nitrogens with zero attached hydrogens (tertiary/aromatic N) is 3. The van der Waals surface area contributed by atoms with Crippen LogP contribution in [-0.2, 0) is 16.0 Å². The van der Waals surface area contributed by atoms with E-state index in [0.717, 1.165) is 85.9 Å². The quantitative estimate of drug-likeness (QED) is 0.482. The number of carboxylic acids is 1. The molecule has 0 aliphatic carbocycles. The molecule has 7 nitrogen and oxygen atoms in total. The van der Waals surface area contributed by atoms with Gasteiger partial charge in [0.15, 0.2) is 0 Å². The molecule has 0 radical (unpaired) electrons. The van der Waals surface area contributed by atoms with E-state index in [1.54, 1.807) is 6.20 Å². The summed E-state index contributed by atoms with van der Waals surface area (Å²) in [5, 5.41) is 9.56. The number of pyridine rings is 2. The molecule has 33 heavy (non-hydrogen) atoms. The van der Waals surface area contributed by atoms with Crippen molar-refractivity contribution in [2.75, 3.05) is 37.8 Å². The minimum atomic E-state index is -0.850. The van der Waals surface area contributed by atoms with Crippen molar-refractivity contribution in [2.24, 2.45) is 5.41 Å². The van der Waals surface area contributed by atoms with Crippen molar-refractivity contribution < 1.29 is 19.4 Å². The van der Waals surface area contributed by atoms with E-state index >= 15 is 0 Å². The van der Waals surface area contributed by atoms with Gasteiger partial charge in [-0.15, -0.1) is 0 Å². The molecule has 0 bridgehead atoms. The maximum absolute atomic E-state index is 11.6. The summed E-state index contributed by atoms with van der Waals surface area (Å²) in [6.45, 7) is 12.4. The number of aliphatic carboxylic acids is 1. The Morgan fingerprint density at radius 2 is 1.85 bits per heavy atom. The first-order valence-electron chi connectivity index (χ1n) is 11.9. The van der Waals surface area contributed by atoms with Crippen LogP contribution in [0.4, 0.5) is 5.69 Å². The molecule has 2 aromatic heterocycles. The molecule has 180 valence electrons. The van der Waals surface area contributed by atoms with Gasteiger partial charge in [0, 0.05) is 49.3 Å². The summed E-state index contributed by atoms with van der Waals surface area (Å²) in [4.78, 5) is 23.1. The Kier molecular flexibility index (Phi) is 8.67. The molecule has 3 rings (SSSR count). The molecule has 7 heteroatoms. The van der Waals surface area contributed by atoms with Crippen molar-refractivity contribution in [3.8, 4) is 17.0 Å². The number of carbonyl (C=O) groups is 1. The highest BCUT2D eigenvalue weighted by atomic mass is 16.5. The summed E-state index contributed by atoms with van der Waals surface area (Å²) in [5.74, 6) is -0.126. The predicted molar refractivity (Wildman–Crippen MR) is 130 cm³/mol. The van der Waals surface area contributed by atoms with Crippen molar-refractivity contribution in [2.45, 2.75) is 59.8 Å². The van der Waals surface area contributed by atoms with Gasteiger partial charge < -0.3 is 19.5 Å². The molecule has 2 aromatic rings. The fourth-order valence-corrected chi connectivity index (χ4v) is 4.15. The van der Waals surface area contributed by atoms with Crippen molar-refractivity contribution in [1.82, 2.24) is 9.97 Å². The number of piperidine rings is 1. The SMILES string of the molecule is CCOCCCCOc1ccc(-c2cnc(C)c(CC(=O)O)c2N2CCC(C)(C)CC2)nc1. The van der Waals surface area contributed by atoms with Gasteiger partial charge in [-0.25, -0.2) is 0 Å². The summed E-state index contributed by atoms with van der Waals surface area (Å²) in [7, 11) is 0. The number of anilines is 1. The normalized spacial score (nSPS) is 15.5. The molecule has 1 fully saturated rings. The third-order valence-corrected chi connectivity index (χ3v) is 6.29. The van der Waals surface area contributed by atoms with Crippen molar-refractivity contribution >= 4 is 11.7 Å². The number of aromatic nitrogens is 2. The molecule has 1 N–H and O–H groups in total. The molecule has 1 aliphatic rings. The third-order valence-electron chi connectivity index (χ3n) is 6.29. The molecule has 0 aromatic carbocycles. The first-order valence-corrected chi connectivity index (χ1v) is 11.9. The van der Waals surface area contributed by atoms with Gasteiger partial charge in [0.05, 0.1) is 30.6 Å². The van der Waals surface area contributed by atoms with Gasteiger partial charge in [0.25, 0.3) is 0 Å². The maximum Gasteiger partial charge on any atom is 0.307 e. The van der Waals surface area contributed by atoms with Crippen LogP contribution in [0.3, 0.4) is 0 Å². The lowest BCUT2D eigenvalue weighted by Gasteiger charge is -2.40. The van der Waals surface area contributed by atoms with Gasteiger partial charge in [0.1, 0.15) is 5.75 Å². The summed E-state index contributed by atoms with van der Waals surface area (Å²) < 4.78 is 11.2. The zero-order chi connectivity index (χ0) is 23.8. The van der Waals surface area contributed by atoms with E-state index in [4.69, 9.17) is 9.47 Å². The molecule has 0 atom stereocenters. The molecule has 0 spiro atoms. The molecule has 0 saturated carbocycles. The summed E-state index contributed by atoms with van der Waals surface area (Å²) >= 11 is 0. The van der Waals surface area contributed by atoms with Crippen molar-refractivity contribution in [3.63, 3.8) is 0 Å².